The Bertz CT molecular complexity index is 1050. The molecule has 0 fully saturated rings. The van der Waals surface area contributed by atoms with Gasteiger partial charge in [0.05, 0.1) is 6.61 Å². The van der Waals surface area contributed by atoms with Gasteiger partial charge in [-0.25, -0.2) is 4.79 Å². The quantitative estimate of drug-likeness (QED) is 0.446. The van der Waals surface area contributed by atoms with Crippen molar-refractivity contribution in [2.45, 2.75) is 13.5 Å². The first-order valence-corrected chi connectivity index (χ1v) is 9.59. The van der Waals surface area contributed by atoms with E-state index in [0.717, 1.165) is 5.56 Å². The Morgan fingerprint density at radius 1 is 0.935 bits per heavy atom. The number of nitrogens with zero attached hydrogens (tertiary/aromatic N) is 1. The first kappa shape index (κ1) is 21.5. The van der Waals surface area contributed by atoms with Gasteiger partial charge in [0.15, 0.2) is 0 Å². The number of carbonyl (C=O) groups excluding carboxylic acids is 3. The minimum absolute atomic E-state index is 0.216. The van der Waals surface area contributed by atoms with Crippen molar-refractivity contribution < 1.29 is 23.9 Å². The second-order valence-electron chi connectivity index (χ2n) is 6.36. The Balaban J connectivity index is 1.55. The SMILES string of the molecule is CCOC(=O)Oc1ccc(C(=O)NCc2cccc(NC(=O)c3ccccn3)c2)cc1. The summed E-state index contributed by atoms with van der Waals surface area (Å²) < 4.78 is 9.66. The molecule has 0 atom stereocenters. The van der Waals surface area contributed by atoms with Crippen LogP contribution >= 0.6 is 0 Å². The molecule has 0 radical (unpaired) electrons. The molecule has 0 saturated heterocycles. The smallest absolute Gasteiger partial charge is 0.434 e. The van der Waals surface area contributed by atoms with Crippen LogP contribution in [0.3, 0.4) is 0 Å². The molecule has 158 valence electrons. The highest BCUT2D eigenvalue weighted by molar-refractivity contribution is 6.02. The zero-order valence-corrected chi connectivity index (χ0v) is 16.8. The van der Waals surface area contributed by atoms with Crippen molar-refractivity contribution in [3.05, 3.63) is 89.7 Å². The van der Waals surface area contributed by atoms with Crippen LogP contribution < -0.4 is 15.4 Å². The van der Waals surface area contributed by atoms with Crippen molar-refractivity contribution in [3.63, 3.8) is 0 Å². The number of ether oxygens (including phenoxy) is 2. The molecule has 2 amide bonds. The number of nitrogens with one attached hydrogen (secondary N) is 2. The van der Waals surface area contributed by atoms with Crippen LogP contribution in [0.2, 0.25) is 0 Å². The lowest BCUT2D eigenvalue weighted by atomic mass is 10.1. The summed E-state index contributed by atoms with van der Waals surface area (Å²) in [6.07, 6.45) is 0.755. The molecule has 0 saturated carbocycles. The molecule has 0 aliphatic heterocycles. The summed E-state index contributed by atoms with van der Waals surface area (Å²) >= 11 is 0. The van der Waals surface area contributed by atoms with Crippen molar-refractivity contribution in [3.8, 4) is 5.75 Å². The molecular weight excluding hydrogens is 398 g/mol. The van der Waals surface area contributed by atoms with E-state index in [1.807, 2.05) is 6.07 Å². The number of hydrogen-bond donors (Lipinski definition) is 2. The molecule has 8 nitrogen and oxygen atoms in total. The van der Waals surface area contributed by atoms with E-state index in [1.165, 1.54) is 12.1 Å². The van der Waals surface area contributed by atoms with E-state index in [1.54, 1.807) is 61.7 Å². The Kier molecular flexibility index (Phi) is 7.31. The number of anilines is 1. The van der Waals surface area contributed by atoms with Crippen LogP contribution in [-0.4, -0.2) is 29.6 Å². The van der Waals surface area contributed by atoms with Crippen LogP contribution in [0.4, 0.5) is 10.5 Å². The van der Waals surface area contributed by atoms with Gasteiger partial charge in [-0.15, -0.1) is 0 Å². The third-order valence-electron chi connectivity index (χ3n) is 4.12. The molecule has 0 spiro atoms. The van der Waals surface area contributed by atoms with Crippen molar-refractivity contribution in [2.75, 3.05) is 11.9 Å². The van der Waals surface area contributed by atoms with Gasteiger partial charge in [0.2, 0.25) is 0 Å². The zero-order valence-electron chi connectivity index (χ0n) is 16.8. The minimum Gasteiger partial charge on any atom is -0.434 e. The predicted molar refractivity (Wildman–Crippen MR) is 114 cm³/mol. The highest BCUT2D eigenvalue weighted by atomic mass is 16.7. The van der Waals surface area contributed by atoms with Crippen LogP contribution in [0.15, 0.2) is 72.9 Å². The van der Waals surface area contributed by atoms with Gasteiger partial charge >= 0.3 is 6.16 Å². The highest BCUT2D eigenvalue weighted by Gasteiger charge is 2.10. The van der Waals surface area contributed by atoms with Crippen LogP contribution in [-0.2, 0) is 11.3 Å². The van der Waals surface area contributed by atoms with E-state index in [2.05, 4.69) is 15.6 Å². The second kappa shape index (κ2) is 10.5. The fraction of sp³-hybridized carbons (Fsp3) is 0.130. The maximum Gasteiger partial charge on any atom is 0.513 e. The van der Waals surface area contributed by atoms with E-state index in [-0.39, 0.29) is 30.7 Å². The topological polar surface area (TPSA) is 107 Å². The molecule has 3 aromatic rings. The molecule has 2 aromatic carbocycles. The van der Waals surface area contributed by atoms with Gasteiger partial charge in [-0.2, -0.15) is 0 Å². The highest BCUT2D eigenvalue weighted by Crippen LogP contribution is 2.14. The van der Waals surface area contributed by atoms with E-state index in [9.17, 15) is 14.4 Å². The molecule has 3 rings (SSSR count). The Hall–Kier alpha value is -4.20. The molecule has 0 aliphatic rings. The molecule has 2 N–H and O–H groups in total. The molecule has 8 heteroatoms. The normalized spacial score (nSPS) is 10.1. The summed E-state index contributed by atoms with van der Waals surface area (Å²) in [5.74, 6) is -0.316. The first-order valence-electron chi connectivity index (χ1n) is 9.59. The molecule has 0 aliphatic carbocycles. The maximum absolute atomic E-state index is 12.4. The standard InChI is InChI=1S/C23H21N3O5/c1-2-30-23(29)31-19-11-9-17(10-12-19)21(27)25-15-16-6-5-7-18(14-16)26-22(28)20-8-3-4-13-24-20/h3-14H,2,15H2,1H3,(H,25,27)(H,26,28). The van der Waals surface area contributed by atoms with Gasteiger partial charge in [-0.1, -0.05) is 18.2 Å². The predicted octanol–water partition coefficient (Wildman–Crippen LogP) is 3.80. The molecular formula is C23H21N3O5. The van der Waals surface area contributed by atoms with Crippen molar-refractivity contribution in [1.82, 2.24) is 10.3 Å². The lowest BCUT2D eigenvalue weighted by Gasteiger charge is -2.09. The third kappa shape index (κ3) is 6.40. The van der Waals surface area contributed by atoms with Gasteiger partial charge in [0.25, 0.3) is 11.8 Å². The van der Waals surface area contributed by atoms with Crippen molar-refractivity contribution >= 4 is 23.7 Å². The number of pyridine rings is 1. The monoisotopic (exact) mass is 419 g/mol. The first-order chi connectivity index (χ1) is 15.0. The number of amides is 2. The van der Waals surface area contributed by atoms with Crippen LogP contribution in [0.5, 0.6) is 5.75 Å². The lowest BCUT2D eigenvalue weighted by Crippen LogP contribution is -2.23. The average molecular weight is 419 g/mol. The van der Waals surface area contributed by atoms with Gasteiger partial charge < -0.3 is 20.1 Å². The second-order valence-corrected chi connectivity index (χ2v) is 6.36. The van der Waals surface area contributed by atoms with Crippen LogP contribution in [0.1, 0.15) is 33.3 Å². The van der Waals surface area contributed by atoms with E-state index in [0.29, 0.717) is 16.9 Å². The fourth-order valence-corrected chi connectivity index (χ4v) is 2.65. The van der Waals surface area contributed by atoms with Gasteiger partial charge in [0.1, 0.15) is 11.4 Å². The summed E-state index contributed by atoms with van der Waals surface area (Å²) in [7, 11) is 0. The number of carbonyl (C=O) groups is 3. The molecule has 31 heavy (non-hydrogen) atoms. The average Bonchev–Trinajstić information content (AvgIpc) is 2.79. The number of aromatic nitrogens is 1. The van der Waals surface area contributed by atoms with Crippen LogP contribution in [0.25, 0.3) is 0 Å². The lowest BCUT2D eigenvalue weighted by molar-refractivity contribution is 0.0949. The molecule has 0 bridgehead atoms. The third-order valence-corrected chi connectivity index (χ3v) is 4.12. The largest absolute Gasteiger partial charge is 0.513 e. The van der Waals surface area contributed by atoms with Crippen molar-refractivity contribution in [1.29, 1.82) is 0 Å². The van der Waals surface area contributed by atoms with E-state index >= 15 is 0 Å². The Morgan fingerprint density at radius 3 is 2.45 bits per heavy atom. The van der Waals surface area contributed by atoms with E-state index < -0.39 is 6.16 Å². The van der Waals surface area contributed by atoms with Gasteiger partial charge in [-0.05, 0) is 61.0 Å². The Labute approximate surface area is 179 Å². The number of rotatable bonds is 7. The Morgan fingerprint density at radius 2 is 1.74 bits per heavy atom. The summed E-state index contributed by atoms with van der Waals surface area (Å²) in [4.78, 5) is 39.9. The van der Waals surface area contributed by atoms with Crippen molar-refractivity contribution in [2.24, 2.45) is 0 Å². The molecule has 1 aromatic heterocycles. The van der Waals surface area contributed by atoms with E-state index in [4.69, 9.17) is 9.47 Å². The minimum atomic E-state index is -0.797. The summed E-state index contributed by atoms with van der Waals surface area (Å²) in [6.45, 7) is 2.17. The zero-order chi connectivity index (χ0) is 22.1. The summed E-state index contributed by atoms with van der Waals surface area (Å²) in [5, 5.41) is 5.59. The van der Waals surface area contributed by atoms with Gasteiger partial charge in [-0.3, -0.25) is 14.6 Å². The number of benzene rings is 2. The van der Waals surface area contributed by atoms with Gasteiger partial charge in [0, 0.05) is 24.0 Å². The summed E-state index contributed by atoms with van der Waals surface area (Å²) in [5.41, 5.74) is 2.14. The summed E-state index contributed by atoms with van der Waals surface area (Å²) in [6, 6.07) is 18.4. The fourth-order valence-electron chi connectivity index (χ4n) is 2.65. The molecule has 1 heterocycles. The maximum atomic E-state index is 12.4. The molecule has 0 unspecified atom stereocenters. The number of hydrogen-bond acceptors (Lipinski definition) is 6. The van der Waals surface area contributed by atoms with Crippen LogP contribution in [0, 0.1) is 0 Å².